The summed E-state index contributed by atoms with van der Waals surface area (Å²) >= 11 is 0. The van der Waals surface area contributed by atoms with Crippen molar-refractivity contribution in [3.05, 3.63) is 0 Å². The minimum absolute atomic E-state index is 0.0672. The number of β-amino-alcohol motifs (C(OH)–C–C–N with tert-alkyl or cyclic N) is 1. The number of aliphatic hydroxyl groups excluding tert-OH is 1. The van der Waals surface area contributed by atoms with Crippen LogP contribution in [0.15, 0.2) is 0 Å². The molecule has 1 unspecified atom stereocenters. The molecule has 1 rings (SSSR count). The molecule has 1 aliphatic rings. The lowest BCUT2D eigenvalue weighted by atomic mass is 10.1. The van der Waals surface area contributed by atoms with Crippen molar-refractivity contribution in [2.45, 2.75) is 12.0 Å². The first kappa shape index (κ1) is 9.44. The number of carbonyl (C=O) groups is 1. The van der Waals surface area contributed by atoms with Crippen molar-refractivity contribution in [1.82, 2.24) is 4.90 Å². The molecule has 1 fully saturated rings. The number of rotatable bonds is 3. The van der Waals surface area contributed by atoms with E-state index in [1.165, 1.54) is 0 Å². The van der Waals surface area contributed by atoms with Crippen LogP contribution >= 0.6 is 0 Å². The van der Waals surface area contributed by atoms with Crippen LogP contribution in [0, 0.1) is 0 Å². The molecular weight excluding hydrogens is 162 g/mol. The van der Waals surface area contributed by atoms with Crippen molar-refractivity contribution in [2.24, 2.45) is 0 Å². The molecule has 12 heavy (non-hydrogen) atoms. The fraction of sp³-hybridized carbons (Fsp3) is 0.857. The predicted molar refractivity (Wildman–Crippen MR) is 40.7 cm³/mol. The van der Waals surface area contributed by atoms with Crippen LogP contribution in [0.4, 0.5) is 0 Å². The summed E-state index contributed by atoms with van der Waals surface area (Å²) in [4.78, 5) is 11.9. The standard InChI is InChI=1S/C7H13NO4/c9-5-7(12)1-2-8(4-7)3-6(10)11/h9,12H,1-5H2,(H,10,11). The van der Waals surface area contributed by atoms with E-state index in [1.807, 2.05) is 0 Å². The Morgan fingerprint density at radius 3 is 2.67 bits per heavy atom. The number of hydrogen-bond acceptors (Lipinski definition) is 4. The molecule has 0 saturated carbocycles. The lowest BCUT2D eigenvalue weighted by molar-refractivity contribution is -0.138. The van der Waals surface area contributed by atoms with Crippen molar-refractivity contribution in [2.75, 3.05) is 26.2 Å². The lowest BCUT2D eigenvalue weighted by Gasteiger charge is -2.19. The zero-order chi connectivity index (χ0) is 9.19. The van der Waals surface area contributed by atoms with E-state index in [0.717, 1.165) is 0 Å². The van der Waals surface area contributed by atoms with E-state index in [0.29, 0.717) is 13.0 Å². The van der Waals surface area contributed by atoms with Crippen molar-refractivity contribution in [3.8, 4) is 0 Å². The first-order valence-corrected chi connectivity index (χ1v) is 3.83. The van der Waals surface area contributed by atoms with Gasteiger partial charge in [-0.1, -0.05) is 0 Å². The molecule has 0 aromatic carbocycles. The van der Waals surface area contributed by atoms with Crippen molar-refractivity contribution < 1.29 is 20.1 Å². The number of likely N-dealkylation sites (tertiary alicyclic amines) is 1. The summed E-state index contributed by atoms with van der Waals surface area (Å²) < 4.78 is 0. The Morgan fingerprint density at radius 1 is 1.58 bits per heavy atom. The Kier molecular flexibility index (Phi) is 2.66. The summed E-state index contributed by atoms with van der Waals surface area (Å²) in [5.41, 5.74) is -1.09. The molecule has 5 nitrogen and oxygen atoms in total. The van der Waals surface area contributed by atoms with Gasteiger partial charge in [-0.3, -0.25) is 9.69 Å². The van der Waals surface area contributed by atoms with Gasteiger partial charge in [-0.25, -0.2) is 0 Å². The van der Waals surface area contributed by atoms with E-state index in [-0.39, 0.29) is 19.7 Å². The van der Waals surface area contributed by atoms with E-state index >= 15 is 0 Å². The Balaban J connectivity index is 2.40. The highest BCUT2D eigenvalue weighted by Gasteiger charge is 2.35. The van der Waals surface area contributed by atoms with Crippen LogP contribution in [-0.2, 0) is 4.79 Å². The van der Waals surface area contributed by atoms with Gasteiger partial charge in [0.15, 0.2) is 0 Å². The van der Waals surface area contributed by atoms with E-state index in [4.69, 9.17) is 10.2 Å². The average Bonchev–Trinajstić information content (AvgIpc) is 2.32. The molecule has 5 heteroatoms. The van der Waals surface area contributed by atoms with Gasteiger partial charge < -0.3 is 15.3 Å². The molecule has 1 atom stereocenters. The minimum atomic E-state index is -1.09. The number of carboxylic acids is 1. The van der Waals surface area contributed by atoms with Gasteiger partial charge in [0.25, 0.3) is 0 Å². The summed E-state index contributed by atoms with van der Waals surface area (Å²) in [7, 11) is 0. The highest BCUT2D eigenvalue weighted by molar-refractivity contribution is 5.69. The topological polar surface area (TPSA) is 81.0 Å². The molecule has 0 aromatic rings. The average molecular weight is 175 g/mol. The molecule has 0 aliphatic carbocycles. The summed E-state index contributed by atoms with van der Waals surface area (Å²) in [6.07, 6.45) is 0.441. The Morgan fingerprint density at radius 2 is 2.25 bits per heavy atom. The van der Waals surface area contributed by atoms with Crippen LogP contribution in [0.5, 0.6) is 0 Å². The normalized spacial score (nSPS) is 30.8. The second-order valence-corrected chi connectivity index (χ2v) is 3.24. The number of aliphatic carboxylic acids is 1. The first-order chi connectivity index (χ1) is 5.56. The predicted octanol–water partition coefficient (Wildman–Crippen LogP) is -1.50. The molecule has 0 spiro atoms. The Hall–Kier alpha value is -0.650. The van der Waals surface area contributed by atoms with Gasteiger partial charge in [0.05, 0.1) is 13.2 Å². The molecule has 1 aliphatic heterocycles. The van der Waals surface area contributed by atoms with Crippen LogP contribution in [0.25, 0.3) is 0 Å². The summed E-state index contributed by atoms with van der Waals surface area (Å²) in [6.45, 7) is 0.407. The smallest absolute Gasteiger partial charge is 0.317 e. The fourth-order valence-corrected chi connectivity index (χ4v) is 1.40. The van der Waals surface area contributed by atoms with Crippen LogP contribution in [0.3, 0.4) is 0 Å². The molecule has 0 amide bonds. The number of aliphatic hydroxyl groups is 2. The lowest BCUT2D eigenvalue weighted by Crippen LogP contribution is -2.38. The maximum atomic E-state index is 10.3. The van der Waals surface area contributed by atoms with E-state index in [9.17, 15) is 9.90 Å². The van der Waals surface area contributed by atoms with Gasteiger partial charge in [0, 0.05) is 13.1 Å². The molecule has 0 radical (unpaired) electrons. The van der Waals surface area contributed by atoms with E-state index in [2.05, 4.69) is 0 Å². The quantitative estimate of drug-likeness (QED) is 0.486. The van der Waals surface area contributed by atoms with Crippen molar-refractivity contribution in [3.63, 3.8) is 0 Å². The SMILES string of the molecule is O=C(O)CN1CCC(O)(CO)C1. The molecule has 1 saturated heterocycles. The number of carboxylic acid groups (broad SMARTS) is 1. The third kappa shape index (κ3) is 2.17. The fourth-order valence-electron chi connectivity index (χ4n) is 1.40. The zero-order valence-electron chi connectivity index (χ0n) is 6.73. The highest BCUT2D eigenvalue weighted by Crippen LogP contribution is 2.19. The maximum Gasteiger partial charge on any atom is 0.317 e. The largest absolute Gasteiger partial charge is 0.480 e. The Bertz CT molecular complexity index is 184. The van der Waals surface area contributed by atoms with Crippen LogP contribution in [0.1, 0.15) is 6.42 Å². The van der Waals surface area contributed by atoms with Crippen molar-refractivity contribution >= 4 is 5.97 Å². The van der Waals surface area contributed by atoms with Crippen molar-refractivity contribution in [1.29, 1.82) is 0 Å². The second-order valence-electron chi connectivity index (χ2n) is 3.24. The van der Waals surface area contributed by atoms with Gasteiger partial charge >= 0.3 is 5.97 Å². The number of nitrogens with zero attached hydrogens (tertiary/aromatic N) is 1. The maximum absolute atomic E-state index is 10.3. The highest BCUT2D eigenvalue weighted by atomic mass is 16.4. The summed E-state index contributed by atoms with van der Waals surface area (Å²) in [6, 6.07) is 0. The Labute approximate surface area is 70.2 Å². The summed E-state index contributed by atoms with van der Waals surface area (Å²) in [5, 5.41) is 26.7. The molecular formula is C7H13NO4. The van der Waals surface area contributed by atoms with Gasteiger partial charge in [0.2, 0.25) is 0 Å². The zero-order valence-corrected chi connectivity index (χ0v) is 6.73. The molecule has 0 aromatic heterocycles. The van der Waals surface area contributed by atoms with Gasteiger partial charge in [-0.05, 0) is 6.42 Å². The second kappa shape index (κ2) is 3.38. The van der Waals surface area contributed by atoms with E-state index in [1.54, 1.807) is 4.90 Å². The molecule has 70 valence electrons. The first-order valence-electron chi connectivity index (χ1n) is 3.83. The van der Waals surface area contributed by atoms with Gasteiger partial charge in [0.1, 0.15) is 5.60 Å². The van der Waals surface area contributed by atoms with Gasteiger partial charge in [-0.2, -0.15) is 0 Å². The van der Waals surface area contributed by atoms with Crippen LogP contribution in [0.2, 0.25) is 0 Å². The van der Waals surface area contributed by atoms with Crippen LogP contribution < -0.4 is 0 Å². The monoisotopic (exact) mass is 175 g/mol. The minimum Gasteiger partial charge on any atom is -0.480 e. The van der Waals surface area contributed by atoms with Gasteiger partial charge in [-0.15, -0.1) is 0 Å². The summed E-state index contributed by atoms with van der Waals surface area (Å²) in [5.74, 6) is -0.905. The molecule has 0 bridgehead atoms. The van der Waals surface area contributed by atoms with Crippen LogP contribution in [-0.4, -0.2) is 58.0 Å². The molecule has 3 N–H and O–H groups in total. The number of hydrogen-bond donors (Lipinski definition) is 3. The third-order valence-electron chi connectivity index (χ3n) is 2.06. The third-order valence-corrected chi connectivity index (χ3v) is 2.06. The van der Waals surface area contributed by atoms with E-state index < -0.39 is 11.6 Å². The molecule has 1 heterocycles.